The molecule has 0 atom stereocenters. The number of aromatic nitrogens is 2. The summed E-state index contributed by atoms with van der Waals surface area (Å²) in [6, 6.07) is 10.2. The van der Waals surface area contributed by atoms with Crippen molar-refractivity contribution in [3.05, 3.63) is 54.2 Å². The minimum Gasteiger partial charge on any atom is -0.468 e. The largest absolute Gasteiger partial charge is 0.468 e. The van der Waals surface area contributed by atoms with Crippen LogP contribution in [0.4, 0.5) is 0 Å². The molecule has 4 heteroatoms. The highest BCUT2D eigenvalue weighted by molar-refractivity contribution is 5.75. The first-order valence-electron chi connectivity index (χ1n) is 7.23. The van der Waals surface area contributed by atoms with Crippen molar-refractivity contribution in [3.8, 4) is 0 Å². The molecule has 3 aromatic rings. The second kappa shape index (κ2) is 5.37. The predicted octanol–water partition coefficient (Wildman–Crippen LogP) is 3.57. The van der Waals surface area contributed by atoms with Crippen LogP contribution in [-0.4, -0.2) is 15.1 Å². The van der Waals surface area contributed by atoms with E-state index in [1.807, 2.05) is 30.6 Å². The van der Waals surface area contributed by atoms with Gasteiger partial charge in [-0.05, 0) is 39.0 Å². The van der Waals surface area contributed by atoms with Crippen LogP contribution in [0.15, 0.2) is 47.3 Å². The molecule has 1 N–H and O–H groups in total. The first-order valence-corrected chi connectivity index (χ1v) is 7.23. The summed E-state index contributed by atoms with van der Waals surface area (Å²) in [6.45, 7) is 7.97. The fourth-order valence-electron chi connectivity index (χ4n) is 2.33. The molecule has 0 amide bonds. The van der Waals surface area contributed by atoms with E-state index in [9.17, 15) is 0 Å². The van der Waals surface area contributed by atoms with E-state index in [0.29, 0.717) is 0 Å². The Morgan fingerprint density at radius 3 is 2.81 bits per heavy atom. The number of benzene rings is 1. The lowest BCUT2D eigenvalue weighted by molar-refractivity contribution is 0.386. The van der Waals surface area contributed by atoms with Crippen molar-refractivity contribution in [1.29, 1.82) is 0 Å². The molecule has 1 aromatic carbocycles. The van der Waals surface area contributed by atoms with Gasteiger partial charge in [-0.15, -0.1) is 0 Å². The molecule has 0 saturated carbocycles. The zero-order chi connectivity index (χ0) is 14.9. The summed E-state index contributed by atoms with van der Waals surface area (Å²) in [5.74, 6) is 0.989. The van der Waals surface area contributed by atoms with Gasteiger partial charge in [0.25, 0.3) is 0 Å². The highest BCUT2D eigenvalue weighted by Crippen LogP contribution is 2.17. The van der Waals surface area contributed by atoms with Gasteiger partial charge in [0.05, 0.1) is 36.7 Å². The fourth-order valence-corrected chi connectivity index (χ4v) is 2.33. The quantitative estimate of drug-likeness (QED) is 0.796. The number of nitrogens with one attached hydrogen (secondary N) is 1. The molecule has 0 radical (unpaired) electrons. The van der Waals surface area contributed by atoms with Crippen molar-refractivity contribution in [1.82, 2.24) is 14.9 Å². The van der Waals surface area contributed by atoms with Gasteiger partial charge < -0.3 is 14.3 Å². The zero-order valence-electron chi connectivity index (χ0n) is 12.8. The van der Waals surface area contributed by atoms with Gasteiger partial charge in [0.15, 0.2) is 0 Å². The normalized spacial score (nSPS) is 12.1. The van der Waals surface area contributed by atoms with Crippen molar-refractivity contribution in [2.75, 3.05) is 0 Å². The smallest absolute Gasteiger partial charge is 0.122 e. The van der Waals surface area contributed by atoms with E-state index in [1.165, 1.54) is 5.56 Å². The molecule has 2 heterocycles. The molecule has 0 bridgehead atoms. The Kier molecular flexibility index (Phi) is 3.55. The third-order valence-electron chi connectivity index (χ3n) is 3.49. The topological polar surface area (TPSA) is 43.0 Å². The van der Waals surface area contributed by atoms with E-state index in [2.05, 4.69) is 41.7 Å². The summed E-state index contributed by atoms with van der Waals surface area (Å²) >= 11 is 0. The van der Waals surface area contributed by atoms with Crippen LogP contribution >= 0.6 is 0 Å². The third-order valence-corrected chi connectivity index (χ3v) is 3.49. The zero-order valence-corrected chi connectivity index (χ0v) is 12.8. The number of rotatable bonds is 4. The molecular weight excluding hydrogens is 262 g/mol. The van der Waals surface area contributed by atoms with E-state index in [0.717, 1.165) is 29.9 Å². The molecule has 0 fully saturated rings. The summed E-state index contributed by atoms with van der Waals surface area (Å²) in [4.78, 5) is 4.43. The molecule has 0 saturated heterocycles. The lowest BCUT2D eigenvalue weighted by atomic mass is 10.1. The average molecular weight is 283 g/mol. The van der Waals surface area contributed by atoms with Crippen molar-refractivity contribution in [3.63, 3.8) is 0 Å². The Labute approximate surface area is 124 Å². The van der Waals surface area contributed by atoms with Crippen LogP contribution in [0.3, 0.4) is 0 Å². The molecule has 0 aliphatic rings. The standard InChI is InChI=1S/C17H21N3O/c1-17(2,3)19-10-16-13(8-9-21-16)11-20-12-18-14-6-4-5-7-15(14)20/h4-9,12,19H,10-11H2,1-3H3. The van der Waals surface area contributed by atoms with Gasteiger partial charge in [0.1, 0.15) is 5.76 Å². The second-order valence-electron chi connectivity index (χ2n) is 6.33. The first-order chi connectivity index (χ1) is 10.0. The number of para-hydroxylation sites is 2. The Balaban J connectivity index is 1.81. The number of hydrogen-bond donors (Lipinski definition) is 1. The van der Waals surface area contributed by atoms with Gasteiger partial charge in [-0.25, -0.2) is 4.98 Å². The Hall–Kier alpha value is -2.07. The SMILES string of the molecule is CC(C)(C)NCc1occc1Cn1cnc2ccccc21. The van der Waals surface area contributed by atoms with Crippen LogP contribution in [0.2, 0.25) is 0 Å². The van der Waals surface area contributed by atoms with E-state index in [-0.39, 0.29) is 5.54 Å². The van der Waals surface area contributed by atoms with E-state index >= 15 is 0 Å². The molecule has 0 spiro atoms. The van der Waals surface area contributed by atoms with Gasteiger partial charge in [0, 0.05) is 11.1 Å². The molecule has 0 aliphatic heterocycles. The minimum absolute atomic E-state index is 0.0752. The predicted molar refractivity (Wildman–Crippen MR) is 84.1 cm³/mol. The number of imidazole rings is 1. The first kappa shape index (κ1) is 13.9. The van der Waals surface area contributed by atoms with Crippen molar-refractivity contribution in [2.24, 2.45) is 0 Å². The molecule has 4 nitrogen and oxygen atoms in total. The van der Waals surface area contributed by atoms with Gasteiger partial charge in [-0.3, -0.25) is 0 Å². The van der Waals surface area contributed by atoms with Crippen molar-refractivity contribution < 1.29 is 4.42 Å². The maximum Gasteiger partial charge on any atom is 0.122 e. The van der Waals surface area contributed by atoms with Gasteiger partial charge in [0.2, 0.25) is 0 Å². The van der Waals surface area contributed by atoms with Crippen LogP contribution in [0.25, 0.3) is 11.0 Å². The van der Waals surface area contributed by atoms with Gasteiger partial charge in [-0.1, -0.05) is 12.1 Å². The maximum atomic E-state index is 5.62. The van der Waals surface area contributed by atoms with E-state index in [1.54, 1.807) is 6.26 Å². The number of furan rings is 1. The fraction of sp³-hybridized carbons (Fsp3) is 0.353. The molecule has 2 aromatic heterocycles. The third kappa shape index (κ3) is 3.16. The summed E-state index contributed by atoms with van der Waals surface area (Å²) in [7, 11) is 0. The Morgan fingerprint density at radius 2 is 2.00 bits per heavy atom. The Bertz CT molecular complexity index is 734. The van der Waals surface area contributed by atoms with E-state index in [4.69, 9.17) is 4.42 Å². The molecule has 0 aliphatic carbocycles. The monoisotopic (exact) mass is 283 g/mol. The summed E-state index contributed by atoms with van der Waals surface area (Å²) in [6.07, 6.45) is 3.65. The summed E-state index contributed by atoms with van der Waals surface area (Å²) < 4.78 is 7.78. The number of nitrogens with zero attached hydrogens (tertiary/aromatic N) is 2. The highest BCUT2D eigenvalue weighted by atomic mass is 16.3. The minimum atomic E-state index is 0.0752. The summed E-state index contributed by atoms with van der Waals surface area (Å²) in [5, 5.41) is 3.46. The molecule has 3 rings (SSSR count). The van der Waals surface area contributed by atoms with Gasteiger partial charge >= 0.3 is 0 Å². The molecule has 0 unspecified atom stereocenters. The number of hydrogen-bond acceptors (Lipinski definition) is 3. The van der Waals surface area contributed by atoms with Crippen molar-refractivity contribution >= 4 is 11.0 Å². The lowest BCUT2D eigenvalue weighted by Gasteiger charge is -2.20. The van der Waals surface area contributed by atoms with Gasteiger partial charge in [-0.2, -0.15) is 0 Å². The van der Waals surface area contributed by atoms with E-state index < -0.39 is 0 Å². The van der Waals surface area contributed by atoms with Crippen LogP contribution in [-0.2, 0) is 13.1 Å². The average Bonchev–Trinajstić information content (AvgIpc) is 3.04. The highest BCUT2D eigenvalue weighted by Gasteiger charge is 2.13. The molecular formula is C17H21N3O. The van der Waals surface area contributed by atoms with Crippen LogP contribution < -0.4 is 5.32 Å². The van der Waals surface area contributed by atoms with Crippen molar-refractivity contribution in [2.45, 2.75) is 39.4 Å². The maximum absolute atomic E-state index is 5.62. The molecule has 110 valence electrons. The lowest BCUT2D eigenvalue weighted by Crippen LogP contribution is -2.35. The van der Waals surface area contributed by atoms with Crippen LogP contribution in [0, 0.1) is 0 Å². The Morgan fingerprint density at radius 1 is 1.19 bits per heavy atom. The number of fused-ring (bicyclic) bond motifs is 1. The van der Waals surface area contributed by atoms with Crippen LogP contribution in [0.5, 0.6) is 0 Å². The summed E-state index contributed by atoms with van der Waals surface area (Å²) in [5.41, 5.74) is 3.44. The second-order valence-corrected chi connectivity index (χ2v) is 6.33. The molecule has 21 heavy (non-hydrogen) atoms. The van der Waals surface area contributed by atoms with Crippen LogP contribution in [0.1, 0.15) is 32.1 Å².